The Morgan fingerprint density at radius 1 is 0.867 bits per heavy atom. The molecule has 160 valence electrons. The van der Waals surface area contributed by atoms with E-state index >= 15 is 0 Å². The number of ether oxygens (including phenoxy) is 1. The van der Waals surface area contributed by atoms with Crippen LogP contribution in [0, 0.1) is 0 Å². The Labute approximate surface area is 223 Å². The standard InChI is InChI=1S/C23H32O5S.K/c1-2-3-4-5-6-7-8-9-10-13-19-14-11-12-15-22(19)28-23-17-16-20(18-21(23)24)29(25,26)27;/h11-12,14-18,24H,2-10,13H2,1H3,(H,25,26,27);/q;+1/p-1. The number of hydrogen-bond acceptors (Lipinski definition) is 4. The molecule has 5 nitrogen and oxygen atoms in total. The van der Waals surface area contributed by atoms with E-state index in [0.29, 0.717) is 5.75 Å². The number of aryl methyl sites for hydroxylation is 1. The summed E-state index contributed by atoms with van der Waals surface area (Å²) >= 11 is 0. The van der Waals surface area contributed by atoms with Gasteiger partial charge in [0.25, 0.3) is 10.1 Å². The van der Waals surface area contributed by atoms with E-state index in [1.165, 1.54) is 51.0 Å². The zero-order chi connectivity index (χ0) is 21.1. The van der Waals surface area contributed by atoms with E-state index in [2.05, 4.69) is 6.92 Å². The second-order valence-electron chi connectivity index (χ2n) is 7.37. The van der Waals surface area contributed by atoms with Crippen molar-refractivity contribution in [1.82, 2.24) is 0 Å². The number of rotatable bonds is 13. The van der Waals surface area contributed by atoms with Crippen LogP contribution in [0.2, 0.25) is 0 Å². The summed E-state index contributed by atoms with van der Waals surface area (Å²) in [7, 11) is -4.41. The second kappa shape index (κ2) is 14.6. The van der Waals surface area contributed by atoms with Gasteiger partial charge in [0.2, 0.25) is 0 Å². The molecule has 0 fully saturated rings. The molecule has 0 aliphatic rings. The number of unbranched alkanes of at least 4 members (excludes halogenated alkanes) is 8. The van der Waals surface area contributed by atoms with Crippen molar-refractivity contribution < 1.29 is 74.2 Å². The van der Waals surface area contributed by atoms with E-state index in [9.17, 15) is 13.5 Å². The van der Waals surface area contributed by atoms with Crippen LogP contribution in [0.25, 0.3) is 0 Å². The third-order valence-corrected chi connectivity index (χ3v) is 5.80. The quantitative estimate of drug-likeness (QED) is 0.283. The van der Waals surface area contributed by atoms with Gasteiger partial charge in [0.05, 0.1) is 4.90 Å². The number of para-hydroxylation sites is 1. The molecule has 0 saturated heterocycles. The van der Waals surface area contributed by atoms with Gasteiger partial charge in [0.1, 0.15) is 11.5 Å². The predicted molar refractivity (Wildman–Crippen MR) is 113 cm³/mol. The summed E-state index contributed by atoms with van der Waals surface area (Å²) in [5.74, 6) is 0.0544. The molecule has 0 radical (unpaired) electrons. The van der Waals surface area contributed by atoms with Crippen LogP contribution in [-0.2, 0) is 16.5 Å². The fraction of sp³-hybridized carbons (Fsp3) is 0.478. The molecule has 0 spiro atoms. The molecule has 0 aromatic heterocycles. The minimum atomic E-state index is -4.41. The van der Waals surface area contributed by atoms with E-state index < -0.39 is 20.8 Å². The van der Waals surface area contributed by atoms with Crippen LogP contribution in [0.1, 0.15) is 70.3 Å². The average Bonchev–Trinajstić information content (AvgIpc) is 2.68. The molecule has 0 atom stereocenters. The third kappa shape index (κ3) is 9.81. The normalized spacial score (nSPS) is 11.1. The van der Waals surface area contributed by atoms with Gasteiger partial charge >= 0.3 is 51.4 Å². The molecule has 0 unspecified atom stereocenters. The van der Waals surface area contributed by atoms with Gasteiger partial charge in [-0.15, -0.1) is 0 Å². The summed E-state index contributed by atoms with van der Waals surface area (Å²) in [6, 6.07) is 10.9. The van der Waals surface area contributed by atoms with E-state index in [-0.39, 0.29) is 57.1 Å². The van der Waals surface area contributed by atoms with Crippen LogP contribution in [-0.4, -0.2) is 13.0 Å². The summed E-state index contributed by atoms with van der Waals surface area (Å²) in [4.78, 5) is -0.433. The Kier molecular flexibility index (Phi) is 13.5. The van der Waals surface area contributed by atoms with Crippen molar-refractivity contribution in [2.45, 2.75) is 76.0 Å². The van der Waals surface area contributed by atoms with Gasteiger partial charge in [0, 0.05) is 0 Å². The van der Waals surface area contributed by atoms with Crippen molar-refractivity contribution >= 4 is 10.1 Å². The predicted octanol–water partition coefficient (Wildman–Crippen LogP) is 2.88. The molecule has 1 N–H and O–H groups in total. The summed E-state index contributed by atoms with van der Waals surface area (Å²) < 4.78 is 37.1. The van der Waals surface area contributed by atoms with Gasteiger partial charge in [-0.25, -0.2) is 0 Å². The smallest absolute Gasteiger partial charge is 0.870 e. The molecule has 0 heterocycles. The zero-order valence-corrected chi connectivity index (χ0v) is 22.0. The molecular formula is C23H31KO5S. The fourth-order valence-electron chi connectivity index (χ4n) is 3.29. The monoisotopic (exact) mass is 458 g/mol. The van der Waals surface area contributed by atoms with Gasteiger partial charge < -0.3 is 9.84 Å². The van der Waals surface area contributed by atoms with Crippen LogP contribution < -0.4 is 61.2 Å². The van der Waals surface area contributed by atoms with Crippen LogP contribution in [0.15, 0.2) is 47.4 Å². The Balaban J connectivity index is 0.00000450. The minimum Gasteiger partial charge on any atom is -0.870 e. The maximum absolute atomic E-state index is 12.1. The van der Waals surface area contributed by atoms with Crippen molar-refractivity contribution in [3.05, 3.63) is 48.0 Å². The first-order valence-corrected chi connectivity index (χ1v) is 11.9. The van der Waals surface area contributed by atoms with Gasteiger partial charge in [0.15, 0.2) is 0 Å². The van der Waals surface area contributed by atoms with Crippen LogP contribution in [0.3, 0.4) is 0 Å². The molecule has 0 amide bonds. The summed E-state index contributed by atoms with van der Waals surface area (Å²) in [5, 5.41) is 12.1. The van der Waals surface area contributed by atoms with Gasteiger partial charge in [-0.05, 0) is 42.7 Å². The molecule has 0 bridgehead atoms. The molecule has 2 rings (SSSR count). The maximum atomic E-state index is 12.1. The second-order valence-corrected chi connectivity index (χ2v) is 8.79. The molecular weight excluding hydrogens is 427 g/mol. The Hall–Kier alpha value is -0.414. The maximum Gasteiger partial charge on any atom is 1.00 e. The van der Waals surface area contributed by atoms with Crippen molar-refractivity contribution in [3.8, 4) is 17.2 Å². The van der Waals surface area contributed by atoms with Gasteiger partial charge in [-0.2, -0.15) is 8.42 Å². The largest absolute Gasteiger partial charge is 1.00 e. The molecule has 0 saturated carbocycles. The van der Waals surface area contributed by atoms with Crippen molar-refractivity contribution in [1.29, 1.82) is 0 Å². The van der Waals surface area contributed by atoms with Gasteiger partial charge in [-0.3, -0.25) is 4.55 Å². The number of hydrogen-bond donors (Lipinski definition) is 1. The Morgan fingerprint density at radius 2 is 1.47 bits per heavy atom. The molecule has 2 aromatic rings. The van der Waals surface area contributed by atoms with E-state index in [0.717, 1.165) is 37.0 Å². The Morgan fingerprint density at radius 3 is 2.07 bits per heavy atom. The van der Waals surface area contributed by atoms with E-state index in [1.54, 1.807) is 6.07 Å². The fourth-order valence-corrected chi connectivity index (χ4v) is 3.78. The minimum absolute atomic E-state index is 0. The number of benzene rings is 2. The van der Waals surface area contributed by atoms with Crippen LogP contribution in [0.4, 0.5) is 0 Å². The van der Waals surface area contributed by atoms with Crippen LogP contribution in [0.5, 0.6) is 17.2 Å². The molecule has 0 aliphatic heterocycles. The molecule has 2 aromatic carbocycles. The topological polar surface area (TPSA) is 86.7 Å². The molecule has 30 heavy (non-hydrogen) atoms. The van der Waals surface area contributed by atoms with Gasteiger partial charge in [-0.1, -0.05) is 82.2 Å². The van der Waals surface area contributed by atoms with Crippen LogP contribution >= 0.6 is 0 Å². The van der Waals surface area contributed by atoms with Crippen molar-refractivity contribution in [3.63, 3.8) is 0 Å². The zero-order valence-electron chi connectivity index (χ0n) is 18.1. The Bertz CT molecular complexity index is 868. The average molecular weight is 459 g/mol. The summed E-state index contributed by atoms with van der Waals surface area (Å²) in [6.07, 6.45) is 12.2. The van der Waals surface area contributed by atoms with Crippen molar-refractivity contribution in [2.75, 3.05) is 0 Å². The van der Waals surface area contributed by atoms with Crippen molar-refractivity contribution in [2.24, 2.45) is 0 Å². The summed E-state index contributed by atoms with van der Waals surface area (Å²) in [6.45, 7) is 2.23. The van der Waals surface area contributed by atoms with E-state index in [4.69, 9.17) is 9.29 Å². The molecule has 7 heteroatoms. The van der Waals surface area contributed by atoms with E-state index in [1.807, 2.05) is 18.2 Å². The first-order valence-electron chi connectivity index (χ1n) is 10.5. The first-order chi connectivity index (χ1) is 13.9. The SMILES string of the molecule is CCCCCCCCCCCc1ccccc1Oc1ccc(S(=O)(=O)O)cc1[O-].[K+]. The summed E-state index contributed by atoms with van der Waals surface area (Å²) in [5.41, 5.74) is 1.02. The first kappa shape index (κ1) is 27.6. The third-order valence-electron chi connectivity index (χ3n) is 4.96. The molecule has 0 aliphatic carbocycles.